The van der Waals surface area contributed by atoms with Gasteiger partial charge in [-0.1, -0.05) is 206 Å². The highest BCUT2D eigenvalue weighted by molar-refractivity contribution is 6.12. The first-order chi connectivity index (χ1) is 31.3. The standard InChI is InChI=1S/C60H39N3/c1-4-17-42(18-5-1)55-38-56(43-31-29-40(30-32-43)44-19-15-37-61-39-44)63-59(62-55)52-35-34-50(48-25-12-13-26-49(48)52)51-27-14-28-53-58(51)57-47-24-11-10-16-41(47)33-36-54(57)60(53,45-20-6-2-7-21-45)46-22-8-3-9-23-46/h1-39H. The third kappa shape index (κ3) is 5.93. The summed E-state index contributed by atoms with van der Waals surface area (Å²) in [5, 5.41) is 4.74. The van der Waals surface area contributed by atoms with Gasteiger partial charge in [0, 0.05) is 29.1 Å². The van der Waals surface area contributed by atoms with Crippen molar-refractivity contribution in [2.75, 3.05) is 0 Å². The molecule has 2 heterocycles. The van der Waals surface area contributed by atoms with Gasteiger partial charge in [-0.05, 0) is 95.4 Å². The average Bonchev–Trinajstić information content (AvgIpc) is 3.69. The molecular weight excluding hydrogens is 763 g/mol. The molecule has 0 fully saturated rings. The molecule has 9 aromatic carbocycles. The quantitative estimate of drug-likeness (QED) is 0.161. The first-order valence-electron chi connectivity index (χ1n) is 21.5. The maximum atomic E-state index is 5.34. The summed E-state index contributed by atoms with van der Waals surface area (Å²) in [5.41, 5.74) is 16.5. The van der Waals surface area contributed by atoms with E-state index in [1.165, 1.54) is 55.3 Å². The lowest BCUT2D eigenvalue weighted by Crippen LogP contribution is -2.28. The fourth-order valence-corrected chi connectivity index (χ4v) is 10.1. The molecule has 3 nitrogen and oxygen atoms in total. The van der Waals surface area contributed by atoms with E-state index in [0.717, 1.165) is 50.0 Å². The van der Waals surface area contributed by atoms with Gasteiger partial charge >= 0.3 is 0 Å². The van der Waals surface area contributed by atoms with Crippen LogP contribution in [0.25, 0.3) is 88.8 Å². The highest BCUT2D eigenvalue weighted by atomic mass is 14.9. The topological polar surface area (TPSA) is 38.7 Å². The van der Waals surface area contributed by atoms with Crippen LogP contribution in [0.4, 0.5) is 0 Å². The van der Waals surface area contributed by atoms with Gasteiger partial charge < -0.3 is 0 Å². The van der Waals surface area contributed by atoms with E-state index in [9.17, 15) is 0 Å². The van der Waals surface area contributed by atoms with Crippen LogP contribution < -0.4 is 0 Å². The van der Waals surface area contributed by atoms with Gasteiger partial charge in [0.2, 0.25) is 0 Å². The number of aromatic nitrogens is 3. The maximum Gasteiger partial charge on any atom is 0.161 e. The highest BCUT2D eigenvalue weighted by Crippen LogP contribution is 2.60. The van der Waals surface area contributed by atoms with Crippen LogP contribution in [0.2, 0.25) is 0 Å². The van der Waals surface area contributed by atoms with E-state index in [4.69, 9.17) is 9.97 Å². The van der Waals surface area contributed by atoms with Crippen LogP contribution in [-0.4, -0.2) is 15.0 Å². The molecule has 0 amide bonds. The van der Waals surface area contributed by atoms with Gasteiger partial charge in [0.05, 0.1) is 16.8 Å². The van der Waals surface area contributed by atoms with Crippen molar-refractivity contribution >= 4 is 21.5 Å². The fraction of sp³-hybridized carbons (Fsp3) is 0.0167. The molecule has 294 valence electrons. The van der Waals surface area contributed by atoms with Gasteiger partial charge in [-0.2, -0.15) is 0 Å². The van der Waals surface area contributed by atoms with Gasteiger partial charge in [0.1, 0.15) is 0 Å². The molecule has 0 saturated heterocycles. The Morgan fingerprint density at radius 1 is 0.333 bits per heavy atom. The van der Waals surface area contributed by atoms with Gasteiger partial charge in [-0.25, -0.2) is 9.97 Å². The Balaban J connectivity index is 1.09. The van der Waals surface area contributed by atoms with Gasteiger partial charge in [0.15, 0.2) is 5.82 Å². The molecule has 1 aliphatic rings. The Morgan fingerprint density at radius 2 is 0.889 bits per heavy atom. The fourth-order valence-electron chi connectivity index (χ4n) is 10.1. The van der Waals surface area contributed by atoms with Crippen LogP contribution in [0.3, 0.4) is 0 Å². The van der Waals surface area contributed by atoms with Crippen molar-refractivity contribution in [3.8, 4) is 67.3 Å². The largest absolute Gasteiger partial charge is 0.264 e. The van der Waals surface area contributed by atoms with Crippen LogP contribution >= 0.6 is 0 Å². The van der Waals surface area contributed by atoms with Crippen LogP contribution in [0.1, 0.15) is 22.3 Å². The number of hydrogen-bond acceptors (Lipinski definition) is 3. The van der Waals surface area contributed by atoms with Crippen LogP contribution in [0.5, 0.6) is 0 Å². The van der Waals surface area contributed by atoms with Crippen molar-refractivity contribution in [1.82, 2.24) is 15.0 Å². The Morgan fingerprint density at radius 3 is 1.57 bits per heavy atom. The SMILES string of the molecule is c1ccc(-c2cc(-c3ccc(-c4cccnc4)cc3)nc(-c3ccc(-c4cccc5c4-c4c(ccc6ccccc46)C5(c4ccccc4)c4ccccc4)c4ccccc34)n2)cc1. The van der Waals surface area contributed by atoms with E-state index < -0.39 is 5.41 Å². The van der Waals surface area contributed by atoms with Crippen molar-refractivity contribution < 1.29 is 0 Å². The average molecular weight is 802 g/mol. The zero-order valence-electron chi connectivity index (χ0n) is 34.4. The summed E-state index contributed by atoms with van der Waals surface area (Å²) in [5.74, 6) is 0.687. The lowest BCUT2D eigenvalue weighted by atomic mass is 9.67. The van der Waals surface area contributed by atoms with E-state index >= 15 is 0 Å². The number of pyridine rings is 1. The second kappa shape index (κ2) is 15.0. The molecule has 12 rings (SSSR count). The molecule has 63 heavy (non-hydrogen) atoms. The molecule has 0 atom stereocenters. The first kappa shape index (κ1) is 36.6. The second-order valence-corrected chi connectivity index (χ2v) is 16.3. The molecular formula is C60H39N3. The van der Waals surface area contributed by atoms with E-state index in [0.29, 0.717) is 5.82 Å². The Labute approximate surface area is 366 Å². The lowest BCUT2D eigenvalue weighted by Gasteiger charge is -2.34. The number of hydrogen-bond donors (Lipinski definition) is 0. The third-order valence-corrected chi connectivity index (χ3v) is 12.9. The van der Waals surface area contributed by atoms with Crippen molar-refractivity contribution in [1.29, 1.82) is 0 Å². The predicted octanol–water partition coefficient (Wildman–Crippen LogP) is 14.9. The molecule has 0 bridgehead atoms. The van der Waals surface area contributed by atoms with Gasteiger partial charge in [-0.15, -0.1) is 0 Å². The van der Waals surface area contributed by atoms with Gasteiger partial charge in [0.25, 0.3) is 0 Å². The maximum absolute atomic E-state index is 5.34. The van der Waals surface area contributed by atoms with E-state index in [1.54, 1.807) is 6.20 Å². The summed E-state index contributed by atoms with van der Waals surface area (Å²) >= 11 is 0. The molecule has 0 unspecified atom stereocenters. The van der Waals surface area contributed by atoms with Crippen LogP contribution in [0, 0.1) is 0 Å². The van der Waals surface area contributed by atoms with Crippen LogP contribution in [-0.2, 0) is 5.41 Å². The molecule has 0 N–H and O–H groups in total. The van der Waals surface area contributed by atoms with Crippen LogP contribution in [0.15, 0.2) is 237 Å². The van der Waals surface area contributed by atoms with Crippen molar-refractivity contribution in [3.05, 3.63) is 259 Å². The normalized spacial score (nSPS) is 12.6. The second-order valence-electron chi connectivity index (χ2n) is 16.3. The summed E-state index contributed by atoms with van der Waals surface area (Å²) in [6, 6.07) is 81.0. The molecule has 2 aromatic heterocycles. The minimum absolute atomic E-state index is 0.527. The van der Waals surface area contributed by atoms with E-state index in [-0.39, 0.29) is 0 Å². The molecule has 0 saturated carbocycles. The van der Waals surface area contributed by atoms with Gasteiger partial charge in [-0.3, -0.25) is 4.98 Å². The molecule has 3 heteroatoms. The molecule has 0 spiro atoms. The summed E-state index contributed by atoms with van der Waals surface area (Å²) in [7, 11) is 0. The minimum Gasteiger partial charge on any atom is -0.264 e. The number of nitrogens with zero attached hydrogens (tertiary/aromatic N) is 3. The predicted molar refractivity (Wildman–Crippen MR) is 259 cm³/mol. The molecule has 11 aromatic rings. The van der Waals surface area contributed by atoms with Crippen molar-refractivity contribution in [2.45, 2.75) is 5.41 Å². The monoisotopic (exact) mass is 801 g/mol. The van der Waals surface area contributed by atoms with E-state index in [1.807, 2.05) is 18.3 Å². The third-order valence-electron chi connectivity index (χ3n) is 12.9. The van der Waals surface area contributed by atoms with Crippen molar-refractivity contribution in [2.24, 2.45) is 0 Å². The zero-order chi connectivity index (χ0) is 41.7. The first-order valence-corrected chi connectivity index (χ1v) is 21.5. The smallest absolute Gasteiger partial charge is 0.161 e. The Kier molecular flexibility index (Phi) is 8.72. The molecule has 0 aliphatic heterocycles. The number of benzene rings is 9. The summed E-state index contributed by atoms with van der Waals surface area (Å²) in [6.45, 7) is 0. The summed E-state index contributed by atoms with van der Waals surface area (Å²) in [4.78, 5) is 15.0. The molecule has 1 aliphatic carbocycles. The number of rotatable bonds is 7. The summed E-state index contributed by atoms with van der Waals surface area (Å²) < 4.78 is 0. The molecule has 0 radical (unpaired) electrons. The Bertz CT molecular complexity index is 3430. The number of fused-ring (bicyclic) bond motifs is 6. The minimum atomic E-state index is -0.527. The zero-order valence-corrected chi connectivity index (χ0v) is 34.4. The van der Waals surface area contributed by atoms with Crippen molar-refractivity contribution in [3.63, 3.8) is 0 Å². The summed E-state index contributed by atoms with van der Waals surface area (Å²) in [6.07, 6.45) is 3.70. The lowest BCUT2D eigenvalue weighted by molar-refractivity contribution is 0.769. The van der Waals surface area contributed by atoms with E-state index in [2.05, 4.69) is 217 Å². The Hall–Kier alpha value is -8.27. The highest BCUT2D eigenvalue weighted by Gasteiger charge is 2.47.